The van der Waals surface area contributed by atoms with E-state index >= 15 is 0 Å². The van der Waals surface area contributed by atoms with Crippen LogP contribution in [-0.4, -0.2) is 4.57 Å². The van der Waals surface area contributed by atoms with Crippen molar-refractivity contribution in [3.63, 3.8) is 0 Å². The molecule has 2 aromatic rings. The second-order valence-corrected chi connectivity index (χ2v) is 6.09. The summed E-state index contributed by atoms with van der Waals surface area (Å²) < 4.78 is 1.67. The molecule has 1 aliphatic carbocycles. The number of hydrogen-bond acceptors (Lipinski definition) is 2. The molecule has 21 heavy (non-hydrogen) atoms. The van der Waals surface area contributed by atoms with E-state index in [1.165, 1.54) is 0 Å². The molecular formula is C18H16N2O. The second-order valence-electron chi connectivity index (χ2n) is 6.09. The molecule has 3 nitrogen and oxygen atoms in total. The lowest BCUT2D eigenvalue weighted by Crippen LogP contribution is -2.25. The maximum Gasteiger partial charge on any atom is 0.255 e. The van der Waals surface area contributed by atoms with E-state index in [4.69, 9.17) is 5.26 Å². The van der Waals surface area contributed by atoms with Crippen LogP contribution in [0.5, 0.6) is 0 Å². The van der Waals surface area contributed by atoms with Gasteiger partial charge in [-0.05, 0) is 35.6 Å². The van der Waals surface area contributed by atoms with Gasteiger partial charge in [0.25, 0.3) is 5.56 Å². The third-order valence-electron chi connectivity index (χ3n) is 3.77. The molecule has 0 radical (unpaired) electrons. The molecule has 0 bridgehead atoms. The van der Waals surface area contributed by atoms with Crippen LogP contribution in [0.1, 0.15) is 30.5 Å². The summed E-state index contributed by atoms with van der Waals surface area (Å²) in [6.07, 6.45) is 4.79. The molecule has 3 heteroatoms. The summed E-state index contributed by atoms with van der Waals surface area (Å²) in [5.41, 5.74) is 3.61. The van der Waals surface area contributed by atoms with E-state index in [0.29, 0.717) is 5.56 Å². The summed E-state index contributed by atoms with van der Waals surface area (Å²) >= 11 is 0. The second kappa shape index (κ2) is 4.75. The Morgan fingerprint density at radius 3 is 2.76 bits per heavy atom. The van der Waals surface area contributed by atoms with Gasteiger partial charge in [0.2, 0.25) is 0 Å². The van der Waals surface area contributed by atoms with Gasteiger partial charge in [-0.25, -0.2) is 0 Å². The quantitative estimate of drug-likeness (QED) is 0.803. The lowest BCUT2D eigenvalue weighted by atomic mass is 9.77. The van der Waals surface area contributed by atoms with E-state index in [-0.39, 0.29) is 11.0 Å². The summed E-state index contributed by atoms with van der Waals surface area (Å²) in [5, 5.41) is 9.08. The van der Waals surface area contributed by atoms with Crippen molar-refractivity contribution >= 4 is 5.70 Å². The average molecular weight is 276 g/mol. The highest BCUT2D eigenvalue weighted by Crippen LogP contribution is 2.37. The van der Waals surface area contributed by atoms with Gasteiger partial charge >= 0.3 is 0 Å². The summed E-state index contributed by atoms with van der Waals surface area (Å²) in [7, 11) is 0. The number of rotatable bonds is 1. The van der Waals surface area contributed by atoms with Crippen molar-refractivity contribution in [2.75, 3.05) is 0 Å². The fraction of sp³-hybridized carbons (Fsp3) is 0.222. The largest absolute Gasteiger partial charge is 0.284 e. The molecule has 0 spiro atoms. The first kappa shape index (κ1) is 13.4. The first-order chi connectivity index (χ1) is 10.00. The molecule has 0 N–H and O–H groups in total. The number of nitriles is 1. The molecule has 0 unspecified atom stereocenters. The molecule has 0 amide bonds. The van der Waals surface area contributed by atoms with Gasteiger partial charge < -0.3 is 0 Å². The van der Waals surface area contributed by atoms with Crippen LogP contribution in [0, 0.1) is 16.7 Å². The van der Waals surface area contributed by atoms with E-state index in [1.807, 2.05) is 18.2 Å². The number of aromatic nitrogens is 1. The molecule has 3 rings (SSSR count). The molecule has 0 fully saturated rings. The minimum absolute atomic E-state index is 0.0447. The average Bonchev–Trinajstić information content (AvgIpc) is 2.45. The maximum absolute atomic E-state index is 12.1. The van der Waals surface area contributed by atoms with Gasteiger partial charge in [0, 0.05) is 17.8 Å². The lowest BCUT2D eigenvalue weighted by molar-refractivity contribution is 0.470. The molecule has 1 aromatic carbocycles. The Hall–Kier alpha value is -2.60. The van der Waals surface area contributed by atoms with Crippen LogP contribution in [0.4, 0.5) is 0 Å². The van der Waals surface area contributed by atoms with Gasteiger partial charge in [0.15, 0.2) is 0 Å². The summed E-state index contributed by atoms with van der Waals surface area (Å²) in [5.74, 6) is 0. The zero-order chi connectivity index (χ0) is 15.0. The molecule has 0 saturated carbocycles. The van der Waals surface area contributed by atoms with Crippen LogP contribution in [0.3, 0.4) is 0 Å². The smallest absolute Gasteiger partial charge is 0.255 e. The van der Waals surface area contributed by atoms with Gasteiger partial charge in [0.1, 0.15) is 0 Å². The Morgan fingerprint density at radius 1 is 1.24 bits per heavy atom. The zero-order valence-corrected chi connectivity index (χ0v) is 12.1. The van der Waals surface area contributed by atoms with Crippen LogP contribution in [0.2, 0.25) is 0 Å². The van der Waals surface area contributed by atoms with Crippen LogP contribution in [0.15, 0.2) is 53.5 Å². The van der Waals surface area contributed by atoms with Crippen molar-refractivity contribution in [2.24, 2.45) is 5.41 Å². The Balaban J connectivity index is 2.26. The van der Waals surface area contributed by atoms with E-state index < -0.39 is 0 Å². The van der Waals surface area contributed by atoms with Crippen LogP contribution >= 0.6 is 0 Å². The van der Waals surface area contributed by atoms with Gasteiger partial charge in [0.05, 0.1) is 17.3 Å². The summed E-state index contributed by atoms with van der Waals surface area (Å²) in [6, 6.07) is 13.0. The van der Waals surface area contributed by atoms with Crippen molar-refractivity contribution < 1.29 is 0 Å². The first-order valence-electron chi connectivity index (χ1n) is 6.94. The number of nitrogens with zero attached hydrogens (tertiary/aromatic N) is 2. The molecule has 0 saturated heterocycles. The highest BCUT2D eigenvalue weighted by Gasteiger charge is 2.26. The highest BCUT2D eigenvalue weighted by atomic mass is 16.1. The number of allylic oxidation sites excluding steroid dienone is 1. The van der Waals surface area contributed by atoms with Crippen molar-refractivity contribution in [3.05, 3.63) is 75.7 Å². The minimum atomic E-state index is -0.0499. The van der Waals surface area contributed by atoms with Gasteiger partial charge in [-0.1, -0.05) is 32.1 Å². The monoisotopic (exact) mass is 276 g/mol. The summed E-state index contributed by atoms with van der Waals surface area (Å²) in [4.78, 5) is 12.1. The maximum atomic E-state index is 12.1. The van der Waals surface area contributed by atoms with Crippen molar-refractivity contribution in [2.45, 2.75) is 20.3 Å². The number of fused-ring (bicyclic) bond motifs is 1. The van der Waals surface area contributed by atoms with Crippen molar-refractivity contribution in [1.82, 2.24) is 4.57 Å². The SMILES string of the molecule is CC1(C)C=C(n2ccccc2=O)c2ccc(C#N)cc2C1. The molecule has 0 atom stereocenters. The normalized spacial score (nSPS) is 15.8. The van der Waals surface area contributed by atoms with E-state index in [1.54, 1.807) is 29.0 Å². The van der Waals surface area contributed by atoms with E-state index in [9.17, 15) is 4.79 Å². The molecule has 1 aliphatic rings. The van der Waals surface area contributed by atoms with E-state index in [0.717, 1.165) is 23.2 Å². The Labute approximate surface area is 123 Å². The number of pyridine rings is 1. The van der Waals surface area contributed by atoms with Gasteiger partial charge in [-0.2, -0.15) is 5.26 Å². The van der Waals surface area contributed by atoms with Gasteiger partial charge in [-0.3, -0.25) is 9.36 Å². The first-order valence-corrected chi connectivity index (χ1v) is 6.94. The highest BCUT2D eigenvalue weighted by molar-refractivity contribution is 5.72. The molecule has 104 valence electrons. The van der Waals surface area contributed by atoms with Crippen LogP contribution in [-0.2, 0) is 6.42 Å². The number of benzene rings is 1. The molecule has 1 aromatic heterocycles. The molecule has 0 aliphatic heterocycles. The Bertz CT molecular complexity index is 835. The predicted molar refractivity (Wildman–Crippen MR) is 82.7 cm³/mol. The fourth-order valence-electron chi connectivity index (χ4n) is 2.87. The van der Waals surface area contributed by atoms with Crippen LogP contribution < -0.4 is 5.56 Å². The third kappa shape index (κ3) is 2.41. The lowest BCUT2D eigenvalue weighted by Gasteiger charge is -2.30. The molecular weight excluding hydrogens is 260 g/mol. The zero-order valence-electron chi connectivity index (χ0n) is 12.1. The standard InChI is InChI=1S/C18H16N2O/c1-18(2)10-14-9-13(12-19)6-7-15(14)16(11-18)20-8-4-3-5-17(20)21/h3-9,11H,10H2,1-2H3. The summed E-state index contributed by atoms with van der Waals surface area (Å²) in [6.45, 7) is 4.28. The fourth-order valence-corrected chi connectivity index (χ4v) is 2.87. The third-order valence-corrected chi connectivity index (χ3v) is 3.77. The van der Waals surface area contributed by atoms with E-state index in [2.05, 4.69) is 26.0 Å². The van der Waals surface area contributed by atoms with Crippen LogP contribution in [0.25, 0.3) is 5.70 Å². The number of hydrogen-bond donors (Lipinski definition) is 0. The Morgan fingerprint density at radius 2 is 2.05 bits per heavy atom. The van der Waals surface area contributed by atoms with Gasteiger partial charge in [-0.15, -0.1) is 0 Å². The van der Waals surface area contributed by atoms with Crippen molar-refractivity contribution in [3.8, 4) is 6.07 Å². The predicted octanol–water partition coefficient (Wildman–Crippen LogP) is 3.19. The topological polar surface area (TPSA) is 45.8 Å². The Kier molecular flexibility index (Phi) is 3.03. The minimum Gasteiger partial charge on any atom is -0.284 e. The van der Waals surface area contributed by atoms with Crippen molar-refractivity contribution in [1.29, 1.82) is 5.26 Å². The molecule has 1 heterocycles.